The number of hydrogen-bond donors (Lipinski definition) is 2. The molecule has 0 bridgehead atoms. The molecule has 3 aromatic heterocycles. The molecular formula is C16H19ClN6O. The van der Waals surface area contributed by atoms with Crippen molar-refractivity contribution in [2.75, 3.05) is 6.54 Å². The molecule has 0 aromatic carbocycles. The van der Waals surface area contributed by atoms with E-state index in [9.17, 15) is 0 Å². The first kappa shape index (κ1) is 16.6. The molecule has 0 atom stereocenters. The zero-order valence-electron chi connectivity index (χ0n) is 13.4. The summed E-state index contributed by atoms with van der Waals surface area (Å²) < 4.78 is 5.43. The molecular weight excluding hydrogens is 328 g/mol. The van der Waals surface area contributed by atoms with Crippen LogP contribution in [-0.4, -0.2) is 31.9 Å². The van der Waals surface area contributed by atoms with Crippen molar-refractivity contribution < 1.29 is 4.52 Å². The smallest absolute Gasteiger partial charge is 0.227 e. The maximum absolute atomic E-state index is 5.43. The van der Waals surface area contributed by atoms with Gasteiger partial charge in [0.05, 0.1) is 6.20 Å². The van der Waals surface area contributed by atoms with Crippen molar-refractivity contribution in [3.05, 3.63) is 46.9 Å². The number of nitrogens with one attached hydrogen (secondary N) is 2. The van der Waals surface area contributed by atoms with Crippen molar-refractivity contribution in [1.82, 2.24) is 30.6 Å². The van der Waals surface area contributed by atoms with E-state index < -0.39 is 0 Å². The topological polar surface area (TPSA) is 92.5 Å². The third kappa shape index (κ3) is 3.18. The van der Waals surface area contributed by atoms with Gasteiger partial charge < -0.3 is 9.84 Å². The van der Waals surface area contributed by atoms with Crippen molar-refractivity contribution >= 4 is 12.4 Å². The predicted octanol–water partition coefficient (Wildman–Crippen LogP) is 2.02. The van der Waals surface area contributed by atoms with E-state index in [1.54, 1.807) is 0 Å². The minimum absolute atomic E-state index is 0. The van der Waals surface area contributed by atoms with Crippen LogP contribution in [-0.2, 0) is 25.8 Å². The van der Waals surface area contributed by atoms with Crippen LogP contribution in [0.3, 0.4) is 0 Å². The quantitative estimate of drug-likeness (QED) is 0.750. The lowest BCUT2D eigenvalue weighted by molar-refractivity contribution is 0.379. The number of aromatic nitrogens is 5. The van der Waals surface area contributed by atoms with Crippen LogP contribution in [0.25, 0.3) is 11.4 Å². The molecule has 4 rings (SSSR count). The van der Waals surface area contributed by atoms with E-state index in [0.717, 1.165) is 42.8 Å². The van der Waals surface area contributed by atoms with E-state index in [2.05, 4.69) is 30.6 Å². The fraction of sp³-hybridized carbons (Fsp3) is 0.375. The van der Waals surface area contributed by atoms with E-state index >= 15 is 0 Å². The molecule has 3 aromatic rings. The highest BCUT2D eigenvalue weighted by molar-refractivity contribution is 5.85. The molecule has 2 N–H and O–H groups in total. The van der Waals surface area contributed by atoms with Gasteiger partial charge in [-0.15, -0.1) is 12.4 Å². The molecule has 1 aliphatic rings. The number of aromatic amines is 1. The number of fused-ring (bicyclic) bond motifs is 1. The second-order valence-electron chi connectivity index (χ2n) is 5.77. The van der Waals surface area contributed by atoms with Crippen molar-refractivity contribution in [3.63, 3.8) is 0 Å². The summed E-state index contributed by atoms with van der Waals surface area (Å²) >= 11 is 0. The Balaban J connectivity index is 0.00000169. The Morgan fingerprint density at radius 2 is 2.17 bits per heavy atom. The highest BCUT2D eigenvalue weighted by atomic mass is 35.5. The Morgan fingerprint density at radius 1 is 1.25 bits per heavy atom. The van der Waals surface area contributed by atoms with Crippen LogP contribution < -0.4 is 5.32 Å². The third-order valence-corrected chi connectivity index (χ3v) is 4.21. The molecule has 24 heavy (non-hydrogen) atoms. The normalized spacial score (nSPS) is 13.4. The van der Waals surface area contributed by atoms with Crippen LogP contribution in [0.2, 0.25) is 0 Å². The summed E-state index contributed by atoms with van der Waals surface area (Å²) in [7, 11) is 0. The van der Waals surface area contributed by atoms with Gasteiger partial charge in [0, 0.05) is 36.6 Å². The summed E-state index contributed by atoms with van der Waals surface area (Å²) in [5.74, 6) is 1.29. The second-order valence-corrected chi connectivity index (χ2v) is 5.77. The van der Waals surface area contributed by atoms with E-state index in [-0.39, 0.29) is 12.4 Å². The standard InChI is InChI=1S/C16H18N6O.ClH/c1-10-15(13-4-5-17-8-12(13)9-18-10)16-21-14(23-22-16)3-2-11-6-19-20-7-11;/h6-7,9,17H,2-5,8H2,1H3,(H,19,20);1H. The number of hydrogen-bond acceptors (Lipinski definition) is 6. The third-order valence-electron chi connectivity index (χ3n) is 4.21. The van der Waals surface area contributed by atoms with Gasteiger partial charge in [-0.3, -0.25) is 10.1 Å². The predicted molar refractivity (Wildman–Crippen MR) is 90.9 cm³/mol. The molecule has 0 saturated carbocycles. The lowest BCUT2D eigenvalue weighted by Crippen LogP contribution is -2.24. The van der Waals surface area contributed by atoms with Crippen LogP contribution >= 0.6 is 12.4 Å². The minimum atomic E-state index is 0. The first-order valence-corrected chi connectivity index (χ1v) is 7.80. The average Bonchev–Trinajstić information content (AvgIpc) is 3.24. The van der Waals surface area contributed by atoms with Crippen LogP contribution in [0, 0.1) is 6.92 Å². The van der Waals surface area contributed by atoms with Gasteiger partial charge in [-0.1, -0.05) is 5.16 Å². The van der Waals surface area contributed by atoms with Crippen LogP contribution in [0.5, 0.6) is 0 Å². The maximum atomic E-state index is 5.43. The maximum Gasteiger partial charge on any atom is 0.227 e. The Bertz CT molecular complexity index is 814. The molecule has 126 valence electrons. The van der Waals surface area contributed by atoms with Crippen molar-refractivity contribution in [2.24, 2.45) is 0 Å². The molecule has 1 aliphatic heterocycles. The molecule has 0 aliphatic carbocycles. The Kier molecular flexibility index (Phi) is 4.92. The molecule has 4 heterocycles. The summed E-state index contributed by atoms with van der Waals surface area (Å²) in [6.07, 6.45) is 8.13. The summed E-state index contributed by atoms with van der Waals surface area (Å²) in [4.78, 5) is 9.07. The summed E-state index contributed by atoms with van der Waals surface area (Å²) in [6.45, 7) is 3.81. The molecule has 7 nitrogen and oxygen atoms in total. The largest absolute Gasteiger partial charge is 0.339 e. The zero-order valence-corrected chi connectivity index (χ0v) is 14.2. The van der Waals surface area contributed by atoms with Gasteiger partial charge in [0.25, 0.3) is 0 Å². The van der Waals surface area contributed by atoms with Crippen LogP contribution in [0.4, 0.5) is 0 Å². The SMILES string of the molecule is Cc1ncc2c(c1-c1noc(CCc3cn[nH]c3)n1)CCNC2.Cl. The second kappa shape index (κ2) is 7.11. The summed E-state index contributed by atoms with van der Waals surface area (Å²) in [5, 5.41) is 14.3. The Hall–Kier alpha value is -2.25. The number of halogens is 1. The number of aryl methyl sites for hydroxylation is 3. The summed E-state index contributed by atoms with van der Waals surface area (Å²) in [6, 6.07) is 0. The number of H-pyrrole nitrogens is 1. The van der Waals surface area contributed by atoms with Gasteiger partial charge in [0.1, 0.15) is 0 Å². The van der Waals surface area contributed by atoms with Gasteiger partial charge >= 0.3 is 0 Å². The highest BCUT2D eigenvalue weighted by Gasteiger charge is 2.20. The van der Waals surface area contributed by atoms with E-state index in [0.29, 0.717) is 18.1 Å². The monoisotopic (exact) mass is 346 g/mol. The van der Waals surface area contributed by atoms with Gasteiger partial charge in [-0.05, 0) is 43.0 Å². The van der Waals surface area contributed by atoms with Gasteiger partial charge in [-0.2, -0.15) is 10.1 Å². The van der Waals surface area contributed by atoms with E-state index in [1.165, 1.54) is 11.1 Å². The van der Waals surface area contributed by atoms with Gasteiger partial charge in [0.2, 0.25) is 11.7 Å². The molecule has 0 unspecified atom stereocenters. The zero-order chi connectivity index (χ0) is 15.6. The lowest BCUT2D eigenvalue weighted by Gasteiger charge is -2.19. The minimum Gasteiger partial charge on any atom is -0.339 e. The van der Waals surface area contributed by atoms with Gasteiger partial charge in [-0.25, -0.2) is 0 Å². The fourth-order valence-electron chi connectivity index (χ4n) is 2.99. The first-order chi connectivity index (χ1) is 11.3. The Morgan fingerprint density at radius 3 is 3.00 bits per heavy atom. The molecule has 0 radical (unpaired) electrons. The van der Waals surface area contributed by atoms with Crippen LogP contribution in [0.1, 0.15) is 28.3 Å². The van der Waals surface area contributed by atoms with Crippen molar-refractivity contribution in [2.45, 2.75) is 32.7 Å². The average molecular weight is 347 g/mol. The van der Waals surface area contributed by atoms with Crippen molar-refractivity contribution in [1.29, 1.82) is 0 Å². The highest BCUT2D eigenvalue weighted by Crippen LogP contribution is 2.28. The lowest BCUT2D eigenvalue weighted by atomic mass is 9.95. The van der Waals surface area contributed by atoms with Crippen LogP contribution in [0.15, 0.2) is 23.1 Å². The molecule has 8 heteroatoms. The first-order valence-electron chi connectivity index (χ1n) is 7.80. The van der Waals surface area contributed by atoms with Crippen molar-refractivity contribution in [3.8, 4) is 11.4 Å². The number of rotatable bonds is 4. The molecule has 0 spiro atoms. The summed E-state index contributed by atoms with van der Waals surface area (Å²) in [5.41, 5.74) is 5.63. The molecule has 0 amide bonds. The van der Waals surface area contributed by atoms with Gasteiger partial charge in [0.15, 0.2) is 0 Å². The number of pyridine rings is 1. The van der Waals surface area contributed by atoms with E-state index in [4.69, 9.17) is 4.52 Å². The molecule has 0 fully saturated rings. The molecule has 0 saturated heterocycles. The Labute approximate surface area is 145 Å². The van der Waals surface area contributed by atoms with E-state index in [1.807, 2.05) is 25.5 Å². The number of nitrogens with zero attached hydrogens (tertiary/aromatic N) is 4. The fourth-order valence-corrected chi connectivity index (χ4v) is 2.99.